The maximum Gasteiger partial charge on any atom is 0.337 e. The van der Waals surface area contributed by atoms with Gasteiger partial charge in [-0.05, 0) is 32.0 Å². The van der Waals surface area contributed by atoms with E-state index in [1.807, 2.05) is 6.92 Å². The molecule has 0 bridgehead atoms. The van der Waals surface area contributed by atoms with Gasteiger partial charge in [0.1, 0.15) is 0 Å². The quantitative estimate of drug-likeness (QED) is 0.754. The Labute approximate surface area is 105 Å². The lowest BCUT2D eigenvalue weighted by molar-refractivity contribution is -0.120. The van der Waals surface area contributed by atoms with Crippen molar-refractivity contribution < 1.29 is 14.7 Å². The van der Waals surface area contributed by atoms with Gasteiger partial charge in [-0.1, -0.05) is 12.1 Å². The van der Waals surface area contributed by atoms with E-state index in [0.29, 0.717) is 5.69 Å². The van der Waals surface area contributed by atoms with Crippen molar-refractivity contribution in [2.45, 2.75) is 19.4 Å². The number of rotatable bonds is 3. The molecule has 18 heavy (non-hydrogen) atoms. The van der Waals surface area contributed by atoms with Gasteiger partial charge in [0.05, 0.1) is 17.2 Å². The van der Waals surface area contributed by atoms with Gasteiger partial charge in [0.2, 0.25) is 5.91 Å². The van der Waals surface area contributed by atoms with Crippen LogP contribution in [-0.2, 0) is 4.79 Å². The minimum absolute atomic E-state index is 0.105. The molecule has 1 aromatic rings. The van der Waals surface area contributed by atoms with Crippen LogP contribution in [0.2, 0.25) is 0 Å². The lowest BCUT2D eigenvalue weighted by Gasteiger charge is -2.15. The van der Waals surface area contributed by atoms with Crippen LogP contribution in [0.15, 0.2) is 24.3 Å². The van der Waals surface area contributed by atoms with Crippen LogP contribution in [0.1, 0.15) is 23.7 Å². The van der Waals surface area contributed by atoms with E-state index in [2.05, 4.69) is 10.6 Å². The van der Waals surface area contributed by atoms with Crippen molar-refractivity contribution in [2.75, 3.05) is 11.9 Å². The van der Waals surface area contributed by atoms with Crippen LogP contribution in [0.5, 0.6) is 0 Å². The highest BCUT2D eigenvalue weighted by Gasteiger charge is 2.29. The van der Waals surface area contributed by atoms with Gasteiger partial charge in [0, 0.05) is 6.04 Å². The lowest BCUT2D eigenvalue weighted by Crippen LogP contribution is -2.32. The van der Waals surface area contributed by atoms with Gasteiger partial charge in [-0.2, -0.15) is 0 Å². The minimum Gasteiger partial charge on any atom is -0.478 e. The zero-order chi connectivity index (χ0) is 13.1. The number of hydrogen-bond donors (Lipinski definition) is 3. The Morgan fingerprint density at radius 1 is 1.39 bits per heavy atom. The molecule has 0 spiro atoms. The zero-order valence-electron chi connectivity index (χ0n) is 10.1. The number of para-hydroxylation sites is 1. The maximum absolute atomic E-state index is 12.1. The Bertz CT molecular complexity index is 473. The second-order valence-corrected chi connectivity index (χ2v) is 4.48. The van der Waals surface area contributed by atoms with Gasteiger partial charge in [0.15, 0.2) is 0 Å². The number of carboxylic acid groups (broad SMARTS) is 1. The van der Waals surface area contributed by atoms with E-state index in [-0.39, 0.29) is 23.4 Å². The van der Waals surface area contributed by atoms with Crippen molar-refractivity contribution >= 4 is 17.6 Å². The van der Waals surface area contributed by atoms with Crippen molar-refractivity contribution in [3.8, 4) is 0 Å². The van der Waals surface area contributed by atoms with E-state index < -0.39 is 5.97 Å². The zero-order valence-corrected chi connectivity index (χ0v) is 10.1. The SMILES string of the molecule is CC1NCCC1C(=O)Nc1ccccc1C(=O)O. The second kappa shape index (κ2) is 5.18. The first-order valence-corrected chi connectivity index (χ1v) is 5.96. The molecule has 5 nitrogen and oxygen atoms in total. The van der Waals surface area contributed by atoms with Gasteiger partial charge in [-0.15, -0.1) is 0 Å². The standard InChI is InChI=1S/C13H16N2O3/c1-8-9(6-7-14-8)12(16)15-11-5-3-2-4-10(11)13(17)18/h2-5,8-9,14H,6-7H2,1H3,(H,15,16)(H,17,18). The third-order valence-electron chi connectivity index (χ3n) is 3.28. The van der Waals surface area contributed by atoms with Crippen LogP contribution < -0.4 is 10.6 Å². The molecule has 1 aliphatic rings. The number of aromatic carboxylic acids is 1. The summed E-state index contributed by atoms with van der Waals surface area (Å²) in [5, 5.41) is 14.9. The van der Waals surface area contributed by atoms with Gasteiger partial charge >= 0.3 is 5.97 Å². The number of amides is 1. The van der Waals surface area contributed by atoms with Crippen LogP contribution in [0, 0.1) is 5.92 Å². The summed E-state index contributed by atoms with van der Waals surface area (Å²) in [6.45, 7) is 2.78. The Kier molecular flexibility index (Phi) is 3.62. The summed E-state index contributed by atoms with van der Waals surface area (Å²) in [6.07, 6.45) is 0.780. The van der Waals surface area contributed by atoms with Crippen LogP contribution in [0.3, 0.4) is 0 Å². The molecule has 1 fully saturated rings. The fourth-order valence-electron chi connectivity index (χ4n) is 2.22. The molecule has 3 N–H and O–H groups in total. The van der Waals surface area contributed by atoms with Crippen LogP contribution >= 0.6 is 0 Å². The Balaban J connectivity index is 2.14. The average molecular weight is 248 g/mol. The Hall–Kier alpha value is -1.88. The normalized spacial score (nSPS) is 22.7. The number of carbonyl (C=O) groups is 2. The van der Waals surface area contributed by atoms with E-state index in [9.17, 15) is 9.59 Å². The summed E-state index contributed by atoms with van der Waals surface area (Å²) in [5.41, 5.74) is 0.471. The number of nitrogens with one attached hydrogen (secondary N) is 2. The fraction of sp³-hybridized carbons (Fsp3) is 0.385. The molecule has 2 atom stereocenters. The molecule has 5 heteroatoms. The van der Waals surface area contributed by atoms with Crippen molar-refractivity contribution in [2.24, 2.45) is 5.92 Å². The predicted octanol–water partition coefficient (Wildman–Crippen LogP) is 1.32. The van der Waals surface area contributed by atoms with E-state index >= 15 is 0 Å². The lowest BCUT2D eigenvalue weighted by atomic mass is 10.0. The first kappa shape index (κ1) is 12.6. The van der Waals surface area contributed by atoms with Gasteiger partial charge in [0.25, 0.3) is 0 Å². The van der Waals surface area contributed by atoms with E-state index in [0.717, 1.165) is 13.0 Å². The van der Waals surface area contributed by atoms with E-state index in [1.54, 1.807) is 18.2 Å². The summed E-state index contributed by atoms with van der Waals surface area (Å²) in [5.74, 6) is -1.27. The third-order valence-corrected chi connectivity index (χ3v) is 3.28. The van der Waals surface area contributed by atoms with Crippen LogP contribution in [0.4, 0.5) is 5.69 Å². The van der Waals surface area contributed by atoms with E-state index in [4.69, 9.17) is 5.11 Å². The molecule has 0 radical (unpaired) electrons. The van der Waals surface area contributed by atoms with Gasteiger partial charge in [-0.3, -0.25) is 4.79 Å². The second-order valence-electron chi connectivity index (χ2n) is 4.48. The van der Waals surface area contributed by atoms with E-state index in [1.165, 1.54) is 6.07 Å². The number of carboxylic acids is 1. The summed E-state index contributed by atoms with van der Waals surface area (Å²) in [7, 11) is 0. The van der Waals surface area contributed by atoms with Gasteiger partial charge < -0.3 is 15.7 Å². The molecule has 0 saturated carbocycles. The monoisotopic (exact) mass is 248 g/mol. The largest absolute Gasteiger partial charge is 0.478 e. The minimum atomic E-state index is -1.04. The first-order valence-electron chi connectivity index (χ1n) is 5.96. The van der Waals surface area contributed by atoms with Crippen LogP contribution in [0.25, 0.3) is 0 Å². The molecule has 2 rings (SSSR count). The maximum atomic E-state index is 12.1. The summed E-state index contributed by atoms with van der Waals surface area (Å²) in [4.78, 5) is 23.1. The summed E-state index contributed by atoms with van der Waals surface area (Å²) >= 11 is 0. The van der Waals surface area contributed by atoms with Crippen LogP contribution in [-0.4, -0.2) is 29.6 Å². The molecule has 96 valence electrons. The summed E-state index contributed by atoms with van der Waals surface area (Å²) in [6, 6.07) is 6.56. The predicted molar refractivity (Wildman–Crippen MR) is 67.6 cm³/mol. The van der Waals surface area contributed by atoms with Crippen molar-refractivity contribution in [1.29, 1.82) is 0 Å². The highest BCUT2D eigenvalue weighted by Crippen LogP contribution is 2.20. The van der Waals surface area contributed by atoms with Crippen molar-refractivity contribution in [3.63, 3.8) is 0 Å². The van der Waals surface area contributed by atoms with Crippen molar-refractivity contribution in [1.82, 2.24) is 5.32 Å². The molecule has 1 aliphatic heterocycles. The van der Waals surface area contributed by atoms with Gasteiger partial charge in [-0.25, -0.2) is 4.79 Å². The average Bonchev–Trinajstić information content (AvgIpc) is 2.76. The number of hydrogen-bond acceptors (Lipinski definition) is 3. The molecule has 1 aromatic carbocycles. The number of carbonyl (C=O) groups excluding carboxylic acids is 1. The smallest absolute Gasteiger partial charge is 0.337 e. The third kappa shape index (κ3) is 2.51. The Morgan fingerprint density at radius 2 is 2.11 bits per heavy atom. The molecule has 0 aromatic heterocycles. The Morgan fingerprint density at radius 3 is 2.72 bits per heavy atom. The van der Waals surface area contributed by atoms with Crippen molar-refractivity contribution in [3.05, 3.63) is 29.8 Å². The summed E-state index contributed by atoms with van der Waals surface area (Å²) < 4.78 is 0. The number of benzene rings is 1. The molecular formula is C13H16N2O3. The molecule has 1 amide bonds. The fourth-order valence-corrected chi connectivity index (χ4v) is 2.22. The molecular weight excluding hydrogens is 232 g/mol. The first-order chi connectivity index (χ1) is 8.59. The molecule has 1 saturated heterocycles. The highest BCUT2D eigenvalue weighted by molar-refractivity contribution is 6.01. The number of anilines is 1. The highest BCUT2D eigenvalue weighted by atomic mass is 16.4. The molecule has 0 aliphatic carbocycles. The topological polar surface area (TPSA) is 78.4 Å². The molecule has 2 unspecified atom stereocenters. The molecule has 1 heterocycles.